The van der Waals surface area contributed by atoms with Crippen LogP contribution in [0, 0.1) is 11.6 Å². The zero-order chi connectivity index (χ0) is 15.4. The highest BCUT2D eigenvalue weighted by Gasteiger charge is 2.12. The predicted octanol–water partition coefficient (Wildman–Crippen LogP) is 4.30. The topological polar surface area (TPSA) is 34.2 Å². The number of ether oxygens (including phenoxy) is 1. The van der Waals surface area contributed by atoms with E-state index in [0.29, 0.717) is 17.3 Å². The summed E-state index contributed by atoms with van der Waals surface area (Å²) in [6.45, 7) is 4.45. The smallest absolute Gasteiger partial charge is 0.219 e. The molecule has 0 aliphatic heterocycles. The molecule has 1 heterocycles. The molecule has 0 aliphatic rings. The third-order valence-corrected chi connectivity index (χ3v) is 3.05. The average Bonchev–Trinajstić information content (AvgIpc) is 2.44. The van der Waals surface area contributed by atoms with Crippen molar-refractivity contribution in [2.24, 2.45) is 0 Å². The third kappa shape index (κ3) is 4.12. The van der Waals surface area contributed by atoms with Crippen molar-refractivity contribution in [3.8, 4) is 11.6 Å². The first kappa shape index (κ1) is 15.7. The Bertz CT molecular complexity index is 635. The lowest BCUT2D eigenvalue weighted by atomic mass is 10.3. The first-order valence-electron chi connectivity index (χ1n) is 6.48. The van der Waals surface area contributed by atoms with Gasteiger partial charge in [0.05, 0.1) is 10.7 Å². The molecule has 1 N–H and O–H groups in total. The van der Waals surface area contributed by atoms with Crippen molar-refractivity contribution in [3.63, 3.8) is 0 Å². The number of benzene rings is 1. The maximum Gasteiger partial charge on any atom is 0.219 e. The van der Waals surface area contributed by atoms with Crippen LogP contribution in [0.15, 0.2) is 30.3 Å². The molecule has 1 aromatic heterocycles. The van der Waals surface area contributed by atoms with Gasteiger partial charge in [0, 0.05) is 18.7 Å². The van der Waals surface area contributed by atoms with E-state index in [0.717, 1.165) is 6.07 Å². The van der Waals surface area contributed by atoms with Gasteiger partial charge in [0.1, 0.15) is 0 Å². The van der Waals surface area contributed by atoms with Crippen LogP contribution in [0.3, 0.4) is 0 Å². The van der Waals surface area contributed by atoms with Gasteiger partial charge in [-0.3, -0.25) is 0 Å². The zero-order valence-electron chi connectivity index (χ0n) is 11.7. The molecule has 3 nitrogen and oxygen atoms in total. The van der Waals surface area contributed by atoms with E-state index < -0.39 is 11.6 Å². The van der Waals surface area contributed by atoms with Gasteiger partial charge >= 0.3 is 0 Å². The van der Waals surface area contributed by atoms with Crippen LogP contribution in [0.1, 0.15) is 19.5 Å². The van der Waals surface area contributed by atoms with Crippen molar-refractivity contribution < 1.29 is 13.5 Å². The van der Waals surface area contributed by atoms with Gasteiger partial charge in [-0.1, -0.05) is 31.5 Å². The van der Waals surface area contributed by atoms with Crippen LogP contribution < -0.4 is 10.1 Å². The second-order valence-electron chi connectivity index (χ2n) is 4.77. The summed E-state index contributed by atoms with van der Waals surface area (Å²) in [5, 5.41) is 3.66. The normalized spacial score (nSPS) is 11.0. The lowest BCUT2D eigenvalue weighted by Crippen LogP contribution is -2.22. The van der Waals surface area contributed by atoms with Gasteiger partial charge in [-0.2, -0.15) is 4.39 Å². The van der Waals surface area contributed by atoms with E-state index in [-0.39, 0.29) is 17.7 Å². The van der Waals surface area contributed by atoms with E-state index in [9.17, 15) is 8.78 Å². The van der Waals surface area contributed by atoms with E-state index in [2.05, 4.69) is 10.3 Å². The molecule has 0 bridgehead atoms. The number of hydrogen-bond acceptors (Lipinski definition) is 3. The Balaban J connectivity index is 2.20. The summed E-state index contributed by atoms with van der Waals surface area (Å²) >= 11 is 6.05. The van der Waals surface area contributed by atoms with Gasteiger partial charge in [0.2, 0.25) is 11.7 Å². The molecule has 1 aromatic carbocycles. The van der Waals surface area contributed by atoms with Crippen LogP contribution in [-0.4, -0.2) is 11.0 Å². The number of pyridine rings is 1. The summed E-state index contributed by atoms with van der Waals surface area (Å²) in [6.07, 6.45) is 0. The summed E-state index contributed by atoms with van der Waals surface area (Å²) in [7, 11) is 0. The van der Waals surface area contributed by atoms with Gasteiger partial charge < -0.3 is 10.1 Å². The Kier molecular flexibility index (Phi) is 5.09. The molecule has 0 saturated carbocycles. The van der Waals surface area contributed by atoms with Crippen LogP contribution in [-0.2, 0) is 6.54 Å². The Morgan fingerprint density at radius 1 is 1.24 bits per heavy atom. The Hall–Kier alpha value is -1.72. The summed E-state index contributed by atoms with van der Waals surface area (Å²) < 4.78 is 32.0. The molecule has 2 rings (SSSR count). The SMILES string of the molecule is CC(C)NCc1nc(Oc2cccc(F)c2F)ccc1Cl. The lowest BCUT2D eigenvalue weighted by molar-refractivity contribution is 0.403. The average molecular weight is 313 g/mol. The van der Waals surface area contributed by atoms with E-state index in [1.165, 1.54) is 18.2 Å². The summed E-state index contributed by atoms with van der Waals surface area (Å²) in [4.78, 5) is 4.20. The fourth-order valence-electron chi connectivity index (χ4n) is 1.62. The van der Waals surface area contributed by atoms with Crippen LogP contribution in [0.2, 0.25) is 5.02 Å². The van der Waals surface area contributed by atoms with Gasteiger partial charge in [0.25, 0.3) is 0 Å². The molecular weight excluding hydrogens is 298 g/mol. The second-order valence-corrected chi connectivity index (χ2v) is 5.17. The van der Waals surface area contributed by atoms with Crippen molar-refractivity contribution >= 4 is 11.6 Å². The minimum Gasteiger partial charge on any atom is -0.436 e. The van der Waals surface area contributed by atoms with E-state index in [4.69, 9.17) is 16.3 Å². The molecular formula is C15H15ClF2N2O. The minimum absolute atomic E-state index is 0.157. The van der Waals surface area contributed by atoms with Gasteiger partial charge in [0.15, 0.2) is 11.6 Å². The van der Waals surface area contributed by atoms with E-state index >= 15 is 0 Å². The standard InChI is InChI=1S/C15H15ClF2N2O/c1-9(2)19-8-12-10(16)6-7-14(20-12)21-13-5-3-4-11(17)15(13)18/h3-7,9,19H,8H2,1-2H3. The first-order chi connectivity index (χ1) is 9.97. The van der Waals surface area contributed by atoms with E-state index in [1.807, 2.05) is 13.8 Å². The van der Waals surface area contributed by atoms with Crippen LogP contribution in [0.4, 0.5) is 8.78 Å². The second kappa shape index (κ2) is 6.83. The van der Waals surface area contributed by atoms with Crippen LogP contribution in [0.25, 0.3) is 0 Å². The lowest BCUT2D eigenvalue weighted by Gasteiger charge is -2.11. The summed E-state index contributed by atoms with van der Waals surface area (Å²) in [5.74, 6) is -2.07. The molecule has 0 atom stereocenters. The van der Waals surface area contributed by atoms with Crippen molar-refractivity contribution in [2.75, 3.05) is 0 Å². The number of aromatic nitrogens is 1. The van der Waals surface area contributed by atoms with Crippen molar-refractivity contribution in [1.29, 1.82) is 0 Å². The highest BCUT2D eigenvalue weighted by atomic mass is 35.5. The van der Waals surface area contributed by atoms with Crippen molar-refractivity contribution in [2.45, 2.75) is 26.4 Å². The van der Waals surface area contributed by atoms with Crippen LogP contribution >= 0.6 is 11.6 Å². The fourth-order valence-corrected chi connectivity index (χ4v) is 1.79. The molecule has 0 amide bonds. The predicted molar refractivity (Wildman–Crippen MR) is 77.7 cm³/mol. The van der Waals surface area contributed by atoms with Gasteiger partial charge in [-0.15, -0.1) is 0 Å². The Labute approximate surface area is 126 Å². The molecule has 0 aliphatic carbocycles. The summed E-state index contributed by atoms with van der Waals surface area (Å²) in [5.41, 5.74) is 0.583. The molecule has 0 fully saturated rings. The maximum absolute atomic E-state index is 13.6. The van der Waals surface area contributed by atoms with E-state index in [1.54, 1.807) is 6.07 Å². The number of nitrogens with one attached hydrogen (secondary N) is 1. The van der Waals surface area contributed by atoms with Crippen molar-refractivity contribution in [1.82, 2.24) is 10.3 Å². The Morgan fingerprint density at radius 2 is 2.00 bits per heavy atom. The fraction of sp³-hybridized carbons (Fsp3) is 0.267. The maximum atomic E-state index is 13.6. The number of rotatable bonds is 5. The minimum atomic E-state index is -1.05. The molecule has 21 heavy (non-hydrogen) atoms. The third-order valence-electron chi connectivity index (χ3n) is 2.70. The molecule has 112 valence electrons. The molecule has 0 unspecified atom stereocenters. The summed E-state index contributed by atoms with van der Waals surface area (Å²) in [6, 6.07) is 7.11. The monoisotopic (exact) mass is 312 g/mol. The highest BCUT2D eigenvalue weighted by Crippen LogP contribution is 2.26. The van der Waals surface area contributed by atoms with Gasteiger partial charge in [-0.25, -0.2) is 9.37 Å². The van der Waals surface area contributed by atoms with Crippen LogP contribution in [0.5, 0.6) is 11.6 Å². The van der Waals surface area contributed by atoms with Gasteiger partial charge in [-0.05, 0) is 18.2 Å². The molecule has 0 saturated heterocycles. The number of nitrogens with zero attached hydrogens (tertiary/aromatic N) is 1. The molecule has 0 radical (unpaired) electrons. The number of hydrogen-bond donors (Lipinski definition) is 1. The first-order valence-corrected chi connectivity index (χ1v) is 6.86. The quantitative estimate of drug-likeness (QED) is 0.893. The molecule has 2 aromatic rings. The largest absolute Gasteiger partial charge is 0.436 e. The Morgan fingerprint density at radius 3 is 2.71 bits per heavy atom. The van der Waals surface area contributed by atoms with Crippen molar-refractivity contribution in [3.05, 3.63) is 52.7 Å². The zero-order valence-corrected chi connectivity index (χ0v) is 12.4. The molecule has 6 heteroatoms. The number of halogens is 3. The highest BCUT2D eigenvalue weighted by molar-refractivity contribution is 6.31. The molecule has 0 spiro atoms.